The van der Waals surface area contributed by atoms with Crippen molar-refractivity contribution in [3.05, 3.63) is 47.8 Å². The van der Waals surface area contributed by atoms with E-state index in [2.05, 4.69) is 51.8 Å². The topological polar surface area (TPSA) is 66.3 Å². The number of benzene rings is 1. The Morgan fingerprint density at radius 2 is 2.04 bits per heavy atom. The first-order valence-electron chi connectivity index (χ1n) is 8.60. The van der Waals surface area contributed by atoms with E-state index in [1.54, 1.807) is 16.6 Å². The van der Waals surface area contributed by atoms with Crippen molar-refractivity contribution in [1.82, 2.24) is 30.1 Å². The summed E-state index contributed by atoms with van der Waals surface area (Å²) in [6.07, 6.45) is 1.82. The molecular weight excluding hydrogens is 316 g/mol. The molecule has 1 aliphatic heterocycles. The van der Waals surface area contributed by atoms with Crippen LogP contribution in [0.3, 0.4) is 0 Å². The van der Waals surface area contributed by atoms with Gasteiger partial charge in [-0.25, -0.2) is 4.79 Å². The Bertz CT molecular complexity index is 701. The Morgan fingerprint density at radius 1 is 1.28 bits per heavy atom. The minimum absolute atomic E-state index is 0.0768. The summed E-state index contributed by atoms with van der Waals surface area (Å²) in [4.78, 5) is 16.4. The second-order valence-electron chi connectivity index (χ2n) is 6.92. The molecule has 2 aromatic rings. The Kier molecular flexibility index (Phi) is 5.33. The van der Waals surface area contributed by atoms with E-state index in [-0.39, 0.29) is 6.03 Å². The second-order valence-corrected chi connectivity index (χ2v) is 6.92. The lowest BCUT2D eigenvalue weighted by Gasteiger charge is -2.22. The van der Waals surface area contributed by atoms with Crippen LogP contribution in [-0.2, 0) is 13.6 Å². The van der Waals surface area contributed by atoms with Gasteiger partial charge in [0.1, 0.15) is 5.69 Å². The molecule has 1 N–H and O–H groups in total. The fourth-order valence-electron chi connectivity index (χ4n) is 3.51. The van der Waals surface area contributed by atoms with Crippen LogP contribution in [0, 0.1) is 5.92 Å². The van der Waals surface area contributed by atoms with Gasteiger partial charge in [-0.15, -0.1) is 5.10 Å². The van der Waals surface area contributed by atoms with Crippen LogP contribution in [0.15, 0.2) is 36.5 Å². The summed E-state index contributed by atoms with van der Waals surface area (Å²) in [5, 5.41) is 11.0. The molecule has 25 heavy (non-hydrogen) atoms. The van der Waals surface area contributed by atoms with E-state index in [1.165, 1.54) is 5.56 Å². The minimum Gasteiger partial charge on any atom is -0.338 e. The van der Waals surface area contributed by atoms with Gasteiger partial charge in [0.25, 0.3) is 0 Å². The predicted octanol–water partition coefficient (Wildman–Crippen LogP) is 1.30. The first-order chi connectivity index (χ1) is 12.0. The first-order valence-corrected chi connectivity index (χ1v) is 8.60. The van der Waals surface area contributed by atoms with Crippen LogP contribution < -0.4 is 5.32 Å². The van der Waals surface area contributed by atoms with Gasteiger partial charge >= 0.3 is 6.03 Å². The highest BCUT2D eigenvalue weighted by atomic mass is 16.2. The van der Waals surface area contributed by atoms with Gasteiger partial charge in [0.2, 0.25) is 0 Å². The van der Waals surface area contributed by atoms with Crippen molar-refractivity contribution >= 4 is 6.03 Å². The van der Waals surface area contributed by atoms with E-state index in [9.17, 15) is 4.79 Å². The molecule has 7 heteroatoms. The third-order valence-corrected chi connectivity index (χ3v) is 4.76. The number of likely N-dealkylation sites (N-methyl/N-ethyl adjacent to an activating group) is 1. The van der Waals surface area contributed by atoms with Crippen molar-refractivity contribution in [2.45, 2.75) is 12.5 Å². The number of likely N-dealkylation sites (tertiary alicyclic amines) is 1. The number of amides is 2. The number of nitrogens with one attached hydrogen (secondary N) is 1. The van der Waals surface area contributed by atoms with Crippen molar-refractivity contribution in [1.29, 1.82) is 0 Å². The largest absolute Gasteiger partial charge is 0.338 e. The molecule has 1 aliphatic rings. The van der Waals surface area contributed by atoms with Crippen LogP contribution in [0.5, 0.6) is 0 Å². The third-order valence-electron chi connectivity index (χ3n) is 4.76. The molecule has 1 saturated heterocycles. The maximum atomic E-state index is 12.4. The molecule has 0 aliphatic carbocycles. The molecule has 0 spiro atoms. The zero-order valence-corrected chi connectivity index (χ0v) is 15.1. The van der Waals surface area contributed by atoms with Crippen molar-refractivity contribution in [2.24, 2.45) is 13.0 Å². The molecule has 0 unspecified atom stereocenters. The van der Waals surface area contributed by atoms with Crippen molar-refractivity contribution < 1.29 is 4.79 Å². The summed E-state index contributed by atoms with van der Waals surface area (Å²) in [5.41, 5.74) is 2.13. The maximum absolute atomic E-state index is 12.4. The molecule has 134 valence electrons. The fraction of sp³-hybridized carbons (Fsp3) is 0.500. The summed E-state index contributed by atoms with van der Waals surface area (Å²) in [5.74, 6) is 0.873. The zero-order chi connectivity index (χ0) is 17.8. The summed E-state index contributed by atoms with van der Waals surface area (Å²) in [6, 6.07) is 10.5. The number of aryl methyl sites for hydroxylation is 1. The quantitative estimate of drug-likeness (QED) is 0.889. The van der Waals surface area contributed by atoms with Gasteiger partial charge in [0.15, 0.2) is 0 Å². The normalized spacial score (nSPS) is 20.6. The van der Waals surface area contributed by atoms with Crippen molar-refractivity contribution in [3.8, 4) is 0 Å². The van der Waals surface area contributed by atoms with Crippen molar-refractivity contribution in [3.63, 3.8) is 0 Å². The average molecular weight is 342 g/mol. The van der Waals surface area contributed by atoms with Gasteiger partial charge in [0, 0.05) is 45.8 Å². The molecular formula is C18H26N6O. The van der Waals surface area contributed by atoms with Crippen LogP contribution in [0.25, 0.3) is 0 Å². The molecule has 2 heterocycles. The number of aromatic nitrogens is 3. The Hall–Kier alpha value is -2.41. The van der Waals surface area contributed by atoms with Gasteiger partial charge in [-0.1, -0.05) is 35.5 Å². The Labute approximate surface area is 148 Å². The molecule has 0 saturated carbocycles. The first kappa shape index (κ1) is 17.4. The third kappa shape index (κ3) is 4.36. The molecule has 1 aromatic carbocycles. The number of hydrogen-bond acceptors (Lipinski definition) is 4. The van der Waals surface area contributed by atoms with Crippen molar-refractivity contribution in [2.75, 3.05) is 33.7 Å². The molecule has 0 radical (unpaired) electrons. The number of hydrogen-bond donors (Lipinski definition) is 1. The highest BCUT2D eigenvalue weighted by Gasteiger charge is 2.32. The van der Waals surface area contributed by atoms with Crippen LogP contribution in [0.4, 0.5) is 4.79 Å². The van der Waals surface area contributed by atoms with Crippen LogP contribution in [0.1, 0.15) is 17.2 Å². The van der Waals surface area contributed by atoms with Gasteiger partial charge in [0.05, 0.1) is 6.54 Å². The molecule has 1 aromatic heterocycles. The molecule has 0 bridgehead atoms. The van der Waals surface area contributed by atoms with Gasteiger partial charge in [-0.05, 0) is 18.5 Å². The van der Waals surface area contributed by atoms with Crippen LogP contribution >= 0.6 is 0 Å². The van der Waals surface area contributed by atoms with E-state index < -0.39 is 0 Å². The lowest BCUT2D eigenvalue weighted by atomic mass is 9.89. The second kappa shape index (κ2) is 7.65. The molecule has 7 nitrogen and oxygen atoms in total. The minimum atomic E-state index is -0.0768. The molecule has 2 atom stereocenters. The zero-order valence-electron chi connectivity index (χ0n) is 15.1. The summed E-state index contributed by atoms with van der Waals surface area (Å²) < 4.78 is 1.64. The molecule has 3 rings (SSSR count). The maximum Gasteiger partial charge on any atom is 0.317 e. The standard InChI is InChI=1S/C18H26N6O/c1-22-10-15(17(13-22)14-7-5-4-6-8-14)9-19-18(25)23(2)11-16-12-24(3)21-20-16/h4-8,12,15,17H,9-11,13H2,1-3H3,(H,19,25)/t15-,17+/m1/s1. The fourth-order valence-corrected chi connectivity index (χ4v) is 3.51. The Morgan fingerprint density at radius 3 is 2.72 bits per heavy atom. The SMILES string of the molecule is CN1C[C@@H](CNC(=O)N(C)Cc2cn(C)nn2)[C@H](c2ccccc2)C1. The predicted molar refractivity (Wildman–Crippen MR) is 96.0 cm³/mol. The number of urea groups is 1. The van der Waals surface area contributed by atoms with E-state index in [1.807, 2.05) is 19.3 Å². The van der Waals surface area contributed by atoms with E-state index in [0.717, 1.165) is 18.8 Å². The number of carbonyl (C=O) groups excluding carboxylic acids is 1. The number of nitrogens with zero attached hydrogens (tertiary/aromatic N) is 5. The van der Waals surface area contributed by atoms with Gasteiger partial charge < -0.3 is 15.1 Å². The molecule has 2 amide bonds. The highest BCUT2D eigenvalue weighted by Crippen LogP contribution is 2.31. The summed E-state index contributed by atoms with van der Waals surface area (Å²) >= 11 is 0. The smallest absolute Gasteiger partial charge is 0.317 e. The highest BCUT2D eigenvalue weighted by molar-refractivity contribution is 5.73. The van der Waals surface area contributed by atoms with Crippen LogP contribution in [0.2, 0.25) is 0 Å². The number of carbonyl (C=O) groups is 1. The van der Waals surface area contributed by atoms with E-state index in [4.69, 9.17) is 0 Å². The van der Waals surface area contributed by atoms with E-state index >= 15 is 0 Å². The molecule has 1 fully saturated rings. The Balaban J connectivity index is 1.55. The summed E-state index contributed by atoms with van der Waals surface area (Å²) in [6.45, 7) is 3.15. The lowest BCUT2D eigenvalue weighted by molar-refractivity contribution is 0.204. The number of rotatable bonds is 5. The average Bonchev–Trinajstić information content (AvgIpc) is 3.18. The summed E-state index contributed by atoms with van der Waals surface area (Å²) in [7, 11) is 5.73. The van der Waals surface area contributed by atoms with E-state index in [0.29, 0.717) is 24.9 Å². The van der Waals surface area contributed by atoms with Gasteiger partial charge in [-0.2, -0.15) is 0 Å². The lowest BCUT2D eigenvalue weighted by Crippen LogP contribution is -2.40. The monoisotopic (exact) mass is 342 g/mol. The van der Waals surface area contributed by atoms with Crippen LogP contribution in [-0.4, -0.2) is 64.6 Å². The van der Waals surface area contributed by atoms with Gasteiger partial charge in [-0.3, -0.25) is 4.68 Å².